The Hall–Kier alpha value is -2.30. The number of urea groups is 1. The summed E-state index contributed by atoms with van der Waals surface area (Å²) in [5, 5.41) is 6.21. The standard InChI is InChI=1S/C23H30FIN4O3/c1-23(2,3)32-22(31)28-17-9-7-14(8-10-17)19-11-15(24)13-29(21(26)30)20(19)27-18-6-4-5-16(25)12-18/h4-6,11-12,14,17,27H,7-10,13H2,1-3H3,(H2,26,30)(H,28,31). The smallest absolute Gasteiger partial charge is 0.407 e. The summed E-state index contributed by atoms with van der Waals surface area (Å²) >= 11 is 2.21. The van der Waals surface area contributed by atoms with E-state index in [1.54, 1.807) is 0 Å². The fourth-order valence-electron chi connectivity index (χ4n) is 4.03. The molecule has 1 aliphatic carbocycles. The van der Waals surface area contributed by atoms with Crippen molar-refractivity contribution < 1.29 is 18.7 Å². The van der Waals surface area contributed by atoms with Crippen LogP contribution in [0, 0.1) is 9.49 Å². The van der Waals surface area contributed by atoms with Crippen LogP contribution in [0.1, 0.15) is 46.5 Å². The number of alkyl carbamates (subject to hydrolysis) is 1. The SMILES string of the molecule is CC(C)(C)OC(=O)NC1CCC(C2=C(Nc3cccc(I)c3)N(C(N)=O)CC(F)=C2)CC1. The first-order valence-electron chi connectivity index (χ1n) is 10.7. The van der Waals surface area contributed by atoms with Crippen molar-refractivity contribution in [1.82, 2.24) is 10.2 Å². The number of amides is 3. The van der Waals surface area contributed by atoms with Crippen molar-refractivity contribution in [2.75, 3.05) is 11.9 Å². The van der Waals surface area contributed by atoms with E-state index in [9.17, 15) is 14.0 Å². The first kappa shape index (κ1) is 24.3. The van der Waals surface area contributed by atoms with Gasteiger partial charge in [-0.3, -0.25) is 4.90 Å². The molecule has 1 fully saturated rings. The second-order valence-electron chi connectivity index (χ2n) is 9.15. The maximum atomic E-state index is 14.5. The lowest BCUT2D eigenvalue weighted by atomic mass is 9.80. The van der Waals surface area contributed by atoms with Gasteiger partial charge in [0, 0.05) is 15.3 Å². The topological polar surface area (TPSA) is 96.7 Å². The number of nitrogens with zero attached hydrogens (tertiary/aromatic N) is 1. The van der Waals surface area contributed by atoms with Gasteiger partial charge in [-0.05, 0) is 105 Å². The molecule has 1 aromatic rings. The van der Waals surface area contributed by atoms with Gasteiger partial charge >= 0.3 is 12.1 Å². The molecule has 1 heterocycles. The summed E-state index contributed by atoms with van der Waals surface area (Å²) in [6, 6.07) is 7.00. The van der Waals surface area contributed by atoms with Crippen molar-refractivity contribution in [3.63, 3.8) is 0 Å². The van der Waals surface area contributed by atoms with E-state index in [0.29, 0.717) is 5.82 Å². The van der Waals surface area contributed by atoms with Crippen LogP contribution >= 0.6 is 22.6 Å². The van der Waals surface area contributed by atoms with Gasteiger partial charge in [0.25, 0.3) is 0 Å². The molecule has 174 valence electrons. The largest absolute Gasteiger partial charge is 0.444 e. The van der Waals surface area contributed by atoms with Crippen LogP contribution in [0.25, 0.3) is 0 Å². The number of rotatable bonds is 4. The molecule has 0 unspecified atom stereocenters. The minimum atomic E-state index is -0.709. The van der Waals surface area contributed by atoms with E-state index < -0.39 is 23.6 Å². The van der Waals surface area contributed by atoms with Gasteiger partial charge in [-0.1, -0.05) is 6.07 Å². The fourth-order valence-corrected chi connectivity index (χ4v) is 4.58. The van der Waals surface area contributed by atoms with Gasteiger partial charge in [-0.2, -0.15) is 0 Å². The summed E-state index contributed by atoms with van der Waals surface area (Å²) in [6.07, 6.45) is 4.03. The lowest BCUT2D eigenvalue weighted by Crippen LogP contribution is -2.43. The first-order valence-corrected chi connectivity index (χ1v) is 11.8. The molecule has 3 amide bonds. The Morgan fingerprint density at radius 1 is 1.22 bits per heavy atom. The van der Waals surface area contributed by atoms with Crippen LogP contribution in [0.2, 0.25) is 0 Å². The molecule has 2 aliphatic rings. The number of anilines is 1. The summed E-state index contributed by atoms with van der Waals surface area (Å²) in [7, 11) is 0. The zero-order valence-corrected chi connectivity index (χ0v) is 20.7. The predicted molar refractivity (Wildman–Crippen MR) is 130 cm³/mol. The third-order valence-electron chi connectivity index (χ3n) is 5.41. The number of benzene rings is 1. The average molecular weight is 556 g/mol. The maximum absolute atomic E-state index is 14.5. The fraction of sp³-hybridized carbons (Fsp3) is 0.478. The molecule has 7 nitrogen and oxygen atoms in total. The normalized spacial score (nSPS) is 21.7. The Labute approximate surface area is 201 Å². The molecule has 0 radical (unpaired) electrons. The lowest BCUT2D eigenvalue weighted by molar-refractivity contribution is 0.0489. The molecule has 4 N–H and O–H groups in total. The summed E-state index contributed by atoms with van der Waals surface area (Å²) in [4.78, 5) is 25.4. The van der Waals surface area contributed by atoms with Crippen LogP contribution in [0.5, 0.6) is 0 Å². The van der Waals surface area contributed by atoms with Gasteiger partial charge in [0.1, 0.15) is 17.2 Å². The van der Waals surface area contributed by atoms with E-state index >= 15 is 0 Å². The van der Waals surface area contributed by atoms with Crippen molar-refractivity contribution in [3.8, 4) is 0 Å². The zero-order valence-electron chi connectivity index (χ0n) is 18.6. The minimum absolute atomic E-state index is 0.00142. The van der Waals surface area contributed by atoms with Crippen molar-refractivity contribution >= 4 is 40.4 Å². The van der Waals surface area contributed by atoms with Crippen LogP contribution in [0.3, 0.4) is 0 Å². The molecular weight excluding hydrogens is 526 g/mol. The molecule has 0 spiro atoms. The highest BCUT2D eigenvalue weighted by Crippen LogP contribution is 2.36. The Balaban J connectivity index is 1.78. The molecule has 1 aliphatic heterocycles. The summed E-state index contributed by atoms with van der Waals surface area (Å²) in [5.74, 6) is 0.148. The molecule has 0 atom stereocenters. The van der Waals surface area contributed by atoms with Crippen molar-refractivity contribution in [2.24, 2.45) is 11.7 Å². The Morgan fingerprint density at radius 2 is 1.91 bits per heavy atom. The molecule has 1 aromatic carbocycles. The van der Waals surface area contributed by atoms with E-state index in [2.05, 4.69) is 33.2 Å². The van der Waals surface area contributed by atoms with E-state index in [1.165, 1.54) is 11.0 Å². The number of allylic oxidation sites excluding steroid dienone is 2. The number of carbonyl (C=O) groups is 2. The summed E-state index contributed by atoms with van der Waals surface area (Å²) in [5.41, 5.74) is 6.55. The Kier molecular flexibility index (Phi) is 7.68. The van der Waals surface area contributed by atoms with Crippen LogP contribution in [0.15, 0.2) is 47.6 Å². The summed E-state index contributed by atoms with van der Waals surface area (Å²) in [6.45, 7) is 5.28. The number of nitrogens with two attached hydrogens (primary N) is 1. The predicted octanol–water partition coefficient (Wildman–Crippen LogP) is 5.25. The van der Waals surface area contributed by atoms with E-state index in [0.717, 1.165) is 40.5 Å². The second-order valence-corrected chi connectivity index (χ2v) is 10.4. The van der Waals surface area contributed by atoms with Gasteiger partial charge in [-0.15, -0.1) is 0 Å². The van der Waals surface area contributed by atoms with Crippen molar-refractivity contribution in [1.29, 1.82) is 0 Å². The molecule has 0 bridgehead atoms. The van der Waals surface area contributed by atoms with E-state index in [4.69, 9.17) is 10.5 Å². The number of carbonyl (C=O) groups excluding carboxylic acids is 2. The molecular formula is C23H30FIN4O3. The Morgan fingerprint density at radius 3 is 2.50 bits per heavy atom. The third-order valence-corrected chi connectivity index (χ3v) is 6.08. The quantitative estimate of drug-likeness (QED) is 0.442. The minimum Gasteiger partial charge on any atom is -0.444 e. The lowest BCUT2D eigenvalue weighted by Gasteiger charge is -2.35. The molecule has 32 heavy (non-hydrogen) atoms. The third kappa shape index (κ3) is 6.60. The van der Waals surface area contributed by atoms with Gasteiger partial charge in [0.2, 0.25) is 0 Å². The van der Waals surface area contributed by atoms with Gasteiger partial charge < -0.3 is 21.1 Å². The van der Waals surface area contributed by atoms with Crippen LogP contribution in [0.4, 0.5) is 19.7 Å². The molecule has 3 rings (SSSR count). The van der Waals surface area contributed by atoms with Crippen molar-refractivity contribution in [2.45, 2.75) is 58.1 Å². The molecule has 1 saturated carbocycles. The monoisotopic (exact) mass is 556 g/mol. The molecule has 9 heteroatoms. The van der Waals surface area contributed by atoms with E-state index in [-0.39, 0.29) is 18.5 Å². The summed E-state index contributed by atoms with van der Waals surface area (Å²) < 4.78 is 20.8. The molecule has 0 saturated heterocycles. The number of halogens is 2. The number of hydrogen-bond donors (Lipinski definition) is 3. The molecule has 0 aromatic heterocycles. The van der Waals surface area contributed by atoms with Crippen LogP contribution < -0.4 is 16.4 Å². The Bertz CT molecular complexity index is 933. The van der Waals surface area contributed by atoms with Gasteiger partial charge in [-0.25, -0.2) is 14.0 Å². The number of hydrogen-bond acceptors (Lipinski definition) is 4. The average Bonchev–Trinajstić information content (AvgIpc) is 2.68. The number of ether oxygens (including phenoxy) is 1. The number of nitrogens with one attached hydrogen (secondary N) is 2. The highest BCUT2D eigenvalue weighted by atomic mass is 127. The van der Waals surface area contributed by atoms with Crippen molar-refractivity contribution in [3.05, 3.63) is 51.1 Å². The zero-order chi connectivity index (χ0) is 23.5. The van der Waals surface area contributed by atoms with Gasteiger partial charge in [0.15, 0.2) is 0 Å². The first-order chi connectivity index (χ1) is 15.0. The second kappa shape index (κ2) is 10.1. The van der Waals surface area contributed by atoms with Gasteiger partial charge in [0.05, 0.1) is 6.54 Å². The van der Waals surface area contributed by atoms with Crippen LogP contribution in [-0.2, 0) is 4.74 Å². The highest BCUT2D eigenvalue weighted by Gasteiger charge is 2.32. The number of primary amides is 1. The van der Waals surface area contributed by atoms with Crippen LogP contribution in [-0.4, -0.2) is 35.2 Å². The highest BCUT2D eigenvalue weighted by molar-refractivity contribution is 14.1. The van der Waals surface area contributed by atoms with E-state index in [1.807, 2.05) is 45.0 Å². The maximum Gasteiger partial charge on any atom is 0.407 e.